The molecule has 2 amide bonds. The maximum Gasteiger partial charge on any atom is 0.318 e. The molecule has 1 heterocycles. The maximum atomic E-state index is 14.0. The van der Waals surface area contributed by atoms with Gasteiger partial charge in [0.1, 0.15) is 5.82 Å². The standard InChI is InChI=1S/C25H18FN3O8S/c1-2-36-22-11-15(7-9-21(22)37-20-10-8-17(28(32)33)13-19(20)29(34)35)12-23-24(30)27(25(31)38-23)14-16-5-3-4-6-18(16)26/h3-13H,2,14H2,1H3/b23-12+. The molecule has 1 saturated heterocycles. The number of imide groups is 1. The lowest BCUT2D eigenvalue weighted by atomic mass is 10.1. The number of hydrogen-bond donors (Lipinski definition) is 0. The zero-order valence-corrected chi connectivity index (χ0v) is 20.5. The number of benzene rings is 3. The number of carbonyl (C=O) groups is 2. The van der Waals surface area contributed by atoms with Gasteiger partial charge in [0.2, 0.25) is 5.75 Å². The number of ether oxygens (including phenoxy) is 2. The largest absolute Gasteiger partial charge is 0.490 e. The molecule has 0 aliphatic carbocycles. The number of nitrogens with zero attached hydrogens (tertiary/aromatic N) is 3. The molecule has 0 bridgehead atoms. The third-order valence-corrected chi connectivity index (χ3v) is 6.20. The fraction of sp³-hybridized carbons (Fsp3) is 0.120. The van der Waals surface area contributed by atoms with Gasteiger partial charge in [0, 0.05) is 11.6 Å². The minimum Gasteiger partial charge on any atom is -0.490 e. The highest BCUT2D eigenvalue weighted by atomic mass is 32.2. The molecule has 1 aliphatic heterocycles. The number of thioether (sulfide) groups is 1. The Morgan fingerprint density at radius 2 is 1.71 bits per heavy atom. The van der Waals surface area contributed by atoms with Crippen molar-refractivity contribution in [2.45, 2.75) is 13.5 Å². The molecule has 0 saturated carbocycles. The van der Waals surface area contributed by atoms with E-state index in [1.54, 1.807) is 19.1 Å². The van der Waals surface area contributed by atoms with Crippen LogP contribution < -0.4 is 9.47 Å². The fourth-order valence-corrected chi connectivity index (χ4v) is 4.36. The van der Waals surface area contributed by atoms with E-state index < -0.39 is 38.2 Å². The van der Waals surface area contributed by atoms with Crippen LogP contribution >= 0.6 is 11.8 Å². The van der Waals surface area contributed by atoms with Crippen molar-refractivity contribution in [1.29, 1.82) is 0 Å². The Kier molecular flexibility index (Phi) is 7.67. The van der Waals surface area contributed by atoms with E-state index in [1.807, 2.05) is 0 Å². The van der Waals surface area contributed by atoms with Crippen LogP contribution in [-0.4, -0.2) is 32.5 Å². The van der Waals surface area contributed by atoms with Crippen molar-refractivity contribution in [3.8, 4) is 17.2 Å². The molecule has 0 unspecified atom stereocenters. The molecule has 0 aromatic heterocycles. The van der Waals surface area contributed by atoms with E-state index in [0.29, 0.717) is 17.3 Å². The van der Waals surface area contributed by atoms with Gasteiger partial charge in [-0.3, -0.25) is 34.7 Å². The highest BCUT2D eigenvalue weighted by Crippen LogP contribution is 2.40. The van der Waals surface area contributed by atoms with Gasteiger partial charge in [-0.2, -0.15) is 0 Å². The molecular formula is C25H18FN3O8S. The van der Waals surface area contributed by atoms with Gasteiger partial charge in [0.15, 0.2) is 11.5 Å². The van der Waals surface area contributed by atoms with E-state index in [2.05, 4.69) is 0 Å². The van der Waals surface area contributed by atoms with Crippen LogP contribution in [0.4, 0.5) is 20.6 Å². The molecule has 0 atom stereocenters. The Morgan fingerprint density at radius 3 is 2.39 bits per heavy atom. The fourth-order valence-electron chi connectivity index (χ4n) is 3.52. The Labute approximate surface area is 218 Å². The summed E-state index contributed by atoms with van der Waals surface area (Å²) in [6.07, 6.45) is 1.47. The van der Waals surface area contributed by atoms with Crippen molar-refractivity contribution >= 4 is 40.4 Å². The number of halogens is 1. The molecular weight excluding hydrogens is 521 g/mol. The molecule has 0 spiro atoms. The van der Waals surface area contributed by atoms with Gasteiger partial charge in [0.05, 0.1) is 34.0 Å². The predicted octanol–water partition coefficient (Wildman–Crippen LogP) is 6.07. The summed E-state index contributed by atoms with van der Waals surface area (Å²) in [5.41, 5.74) is -0.394. The smallest absolute Gasteiger partial charge is 0.318 e. The molecule has 11 nitrogen and oxygen atoms in total. The molecule has 4 rings (SSSR count). The normalized spacial score (nSPS) is 14.2. The summed E-state index contributed by atoms with van der Waals surface area (Å²) in [7, 11) is 0. The summed E-state index contributed by atoms with van der Waals surface area (Å²) in [6, 6.07) is 13.3. The van der Waals surface area contributed by atoms with Gasteiger partial charge in [0.25, 0.3) is 16.8 Å². The quantitative estimate of drug-likeness (QED) is 0.180. The first kappa shape index (κ1) is 26.3. The summed E-state index contributed by atoms with van der Waals surface area (Å²) < 4.78 is 25.3. The lowest BCUT2D eigenvalue weighted by molar-refractivity contribution is -0.394. The zero-order valence-electron chi connectivity index (χ0n) is 19.7. The number of nitro groups is 2. The van der Waals surface area contributed by atoms with E-state index in [1.165, 1.54) is 36.4 Å². The van der Waals surface area contributed by atoms with Crippen LogP contribution in [0.15, 0.2) is 65.6 Å². The van der Waals surface area contributed by atoms with Gasteiger partial charge < -0.3 is 9.47 Å². The minimum atomic E-state index is -0.797. The van der Waals surface area contributed by atoms with Crippen molar-refractivity contribution < 1.29 is 33.3 Å². The average Bonchev–Trinajstić information content (AvgIpc) is 3.14. The molecule has 38 heavy (non-hydrogen) atoms. The number of non-ortho nitro benzene ring substituents is 1. The van der Waals surface area contributed by atoms with Crippen molar-refractivity contribution in [3.05, 3.63) is 103 Å². The lowest BCUT2D eigenvalue weighted by Gasteiger charge is -2.13. The van der Waals surface area contributed by atoms with Crippen molar-refractivity contribution in [2.24, 2.45) is 0 Å². The molecule has 3 aromatic carbocycles. The average molecular weight is 539 g/mol. The molecule has 1 fully saturated rings. The zero-order chi connectivity index (χ0) is 27.4. The van der Waals surface area contributed by atoms with Gasteiger partial charge >= 0.3 is 5.69 Å². The van der Waals surface area contributed by atoms with Crippen molar-refractivity contribution in [3.63, 3.8) is 0 Å². The Balaban J connectivity index is 1.60. The number of amides is 2. The second-order valence-corrected chi connectivity index (χ2v) is 8.76. The minimum absolute atomic E-state index is 0.0913. The second-order valence-electron chi connectivity index (χ2n) is 7.77. The van der Waals surface area contributed by atoms with Crippen LogP contribution in [0.3, 0.4) is 0 Å². The summed E-state index contributed by atoms with van der Waals surface area (Å²) in [5.74, 6) is -1.07. The highest BCUT2D eigenvalue weighted by Gasteiger charge is 2.35. The van der Waals surface area contributed by atoms with Crippen LogP contribution in [0.1, 0.15) is 18.1 Å². The van der Waals surface area contributed by atoms with E-state index >= 15 is 0 Å². The summed E-state index contributed by atoms with van der Waals surface area (Å²) >= 11 is 0.711. The number of carbonyl (C=O) groups excluding carboxylic acids is 2. The van der Waals surface area contributed by atoms with Gasteiger partial charge in [-0.25, -0.2) is 4.39 Å². The van der Waals surface area contributed by atoms with Crippen LogP contribution in [0, 0.1) is 26.0 Å². The summed E-state index contributed by atoms with van der Waals surface area (Å²) in [5, 5.41) is 21.9. The Hall–Kier alpha value is -4.78. The maximum absolute atomic E-state index is 14.0. The highest BCUT2D eigenvalue weighted by molar-refractivity contribution is 8.18. The lowest BCUT2D eigenvalue weighted by Crippen LogP contribution is -2.27. The van der Waals surface area contributed by atoms with E-state index in [-0.39, 0.29) is 40.9 Å². The van der Waals surface area contributed by atoms with Crippen LogP contribution in [0.25, 0.3) is 6.08 Å². The SMILES string of the molecule is CCOc1cc(/C=C2/SC(=O)N(Cc3ccccc3F)C2=O)ccc1Oc1ccc([N+](=O)[O-])cc1[N+](=O)[O-]. The monoisotopic (exact) mass is 539 g/mol. The predicted molar refractivity (Wildman–Crippen MR) is 135 cm³/mol. The molecule has 0 N–H and O–H groups in total. The third kappa shape index (κ3) is 5.62. The first-order chi connectivity index (χ1) is 18.2. The van der Waals surface area contributed by atoms with E-state index in [4.69, 9.17) is 9.47 Å². The molecule has 13 heteroatoms. The van der Waals surface area contributed by atoms with Gasteiger partial charge in [-0.1, -0.05) is 24.3 Å². The van der Waals surface area contributed by atoms with Crippen LogP contribution in [0.5, 0.6) is 17.2 Å². The third-order valence-electron chi connectivity index (χ3n) is 5.30. The van der Waals surface area contributed by atoms with E-state index in [0.717, 1.165) is 23.1 Å². The Bertz CT molecular complexity index is 1490. The second kappa shape index (κ2) is 11.1. The number of hydrogen-bond acceptors (Lipinski definition) is 9. The van der Waals surface area contributed by atoms with Crippen LogP contribution in [-0.2, 0) is 11.3 Å². The summed E-state index contributed by atoms with van der Waals surface area (Å²) in [4.78, 5) is 47.2. The molecule has 1 aliphatic rings. The molecule has 0 radical (unpaired) electrons. The van der Waals surface area contributed by atoms with Gasteiger partial charge in [-0.15, -0.1) is 0 Å². The van der Waals surface area contributed by atoms with Crippen LogP contribution in [0.2, 0.25) is 0 Å². The first-order valence-electron chi connectivity index (χ1n) is 11.0. The van der Waals surface area contributed by atoms with Crippen molar-refractivity contribution in [1.82, 2.24) is 4.90 Å². The van der Waals surface area contributed by atoms with Crippen molar-refractivity contribution in [2.75, 3.05) is 6.61 Å². The molecule has 194 valence electrons. The first-order valence-corrected chi connectivity index (χ1v) is 11.9. The number of nitro benzene ring substituents is 2. The Morgan fingerprint density at radius 1 is 0.974 bits per heavy atom. The topological polar surface area (TPSA) is 142 Å². The summed E-state index contributed by atoms with van der Waals surface area (Å²) in [6.45, 7) is 1.71. The van der Waals surface area contributed by atoms with Gasteiger partial charge in [-0.05, 0) is 54.6 Å². The number of rotatable bonds is 9. The van der Waals surface area contributed by atoms with E-state index in [9.17, 15) is 34.2 Å². The molecule has 3 aromatic rings.